The minimum Gasteiger partial charge on any atom is -0.489 e. The highest BCUT2D eigenvalue weighted by atomic mass is 19.1. The molecular weight excluding hydrogens is 193 g/mol. The standard InChI is InChI=1S/C12H10FNO/c13-11-3-5-12(6-4-11)15-9-10-2-1-7-14-8-10/h1-8H,9H2. The fraction of sp³-hybridized carbons (Fsp3) is 0.0833. The highest BCUT2D eigenvalue weighted by Gasteiger charge is 1.95. The van der Waals surface area contributed by atoms with Gasteiger partial charge in [-0.15, -0.1) is 0 Å². The van der Waals surface area contributed by atoms with Gasteiger partial charge in [-0.05, 0) is 30.3 Å². The van der Waals surface area contributed by atoms with Crippen LogP contribution in [-0.2, 0) is 6.61 Å². The summed E-state index contributed by atoms with van der Waals surface area (Å²) in [5, 5.41) is 0. The van der Waals surface area contributed by atoms with Crippen molar-refractivity contribution in [2.75, 3.05) is 0 Å². The molecule has 1 aromatic carbocycles. The Bertz CT molecular complexity index is 413. The first-order valence-electron chi connectivity index (χ1n) is 4.62. The molecule has 0 unspecified atom stereocenters. The van der Waals surface area contributed by atoms with Gasteiger partial charge in [0.05, 0.1) is 0 Å². The van der Waals surface area contributed by atoms with Crippen LogP contribution in [0.5, 0.6) is 5.75 Å². The Kier molecular flexibility index (Phi) is 2.93. The molecule has 0 atom stereocenters. The SMILES string of the molecule is Fc1ccc(OCc2cccnc2)cc1. The molecular formula is C12H10FNO. The van der Waals surface area contributed by atoms with Gasteiger partial charge in [-0.1, -0.05) is 6.07 Å². The van der Waals surface area contributed by atoms with E-state index < -0.39 is 0 Å². The Morgan fingerprint density at radius 3 is 2.60 bits per heavy atom. The predicted octanol–water partition coefficient (Wildman–Crippen LogP) is 2.80. The first kappa shape index (κ1) is 9.65. The van der Waals surface area contributed by atoms with Crippen molar-refractivity contribution in [2.24, 2.45) is 0 Å². The molecule has 3 heteroatoms. The lowest BCUT2D eigenvalue weighted by atomic mass is 10.3. The van der Waals surface area contributed by atoms with E-state index >= 15 is 0 Å². The molecule has 1 heterocycles. The lowest BCUT2D eigenvalue weighted by Gasteiger charge is -2.05. The minimum absolute atomic E-state index is 0.260. The molecule has 2 aromatic rings. The number of nitrogens with zero attached hydrogens (tertiary/aromatic N) is 1. The lowest BCUT2D eigenvalue weighted by Crippen LogP contribution is -1.95. The van der Waals surface area contributed by atoms with Crippen LogP contribution in [0.3, 0.4) is 0 Å². The number of ether oxygens (including phenoxy) is 1. The number of aromatic nitrogens is 1. The zero-order valence-corrected chi connectivity index (χ0v) is 8.06. The fourth-order valence-electron chi connectivity index (χ4n) is 1.18. The quantitative estimate of drug-likeness (QED) is 0.765. The van der Waals surface area contributed by atoms with Crippen LogP contribution in [0.1, 0.15) is 5.56 Å². The Hall–Kier alpha value is -1.90. The molecule has 0 aliphatic heterocycles. The highest BCUT2D eigenvalue weighted by Crippen LogP contribution is 2.12. The Morgan fingerprint density at radius 1 is 1.13 bits per heavy atom. The maximum absolute atomic E-state index is 12.6. The number of halogens is 1. The number of rotatable bonds is 3. The van der Waals surface area contributed by atoms with Crippen molar-refractivity contribution in [3.8, 4) is 5.75 Å². The van der Waals surface area contributed by atoms with Crippen molar-refractivity contribution in [3.05, 3.63) is 60.2 Å². The normalized spacial score (nSPS) is 9.93. The summed E-state index contributed by atoms with van der Waals surface area (Å²) < 4.78 is 18.0. The molecule has 76 valence electrons. The third kappa shape index (κ3) is 2.77. The van der Waals surface area contributed by atoms with E-state index in [4.69, 9.17) is 4.74 Å². The fourth-order valence-corrected chi connectivity index (χ4v) is 1.18. The predicted molar refractivity (Wildman–Crippen MR) is 55.0 cm³/mol. The summed E-state index contributed by atoms with van der Waals surface area (Å²) in [5.41, 5.74) is 0.988. The van der Waals surface area contributed by atoms with E-state index in [-0.39, 0.29) is 5.82 Å². The summed E-state index contributed by atoms with van der Waals surface area (Å²) in [6.45, 7) is 0.444. The molecule has 15 heavy (non-hydrogen) atoms. The molecule has 0 spiro atoms. The minimum atomic E-state index is -0.260. The summed E-state index contributed by atoms with van der Waals surface area (Å²) in [6.07, 6.45) is 3.45. The first-order valence-corrected chi connectivity index (χ1v) is 4.62. The molecule has 0 fully saturated rings. The molecule has 2 nitrogen and oxygen atoms in total. The second-order valence-electron chi connectivity index (χ2n) is 3.10. The van der Waals surface area contributed by atoms with Gasteiger partial charge in [-0.25, -0.2) is 4.39 Å². The van der Waals surface area contributed by atoms with Crippen LogP contribution in [0.4, 0.5) is 4.39 Å². The average Bonchev–Trinajstić information content (AvgIpc) is 2.30. The van der Waals surface area contributed by atoms with Crippen molar-refractivity contribution in [1.29, 1.82) is 0 Å². The molecule has 0 amide bonds. The van der Waals surface area contributed by atoms with Crippen LogP contribution >= 0.6 is 0 Å². The van der Waals surface area contributed by atoms with Gasteiger partial charge in [-0.3, -0.25) is 4.98 Å². The summed E-state index contributed by atoms with van der Waals surface area (Å²) in [4.78, 5) is 3.97. The summed E-state index contributed by atoms with van der Waals surface area (Å²) in [6, 6.07) is 9.73. The van der Waals surface area contributed by atoms with Crippen LogP contribution in [0.15, 0.2) is 48.8 Å². The topological polar surface area (TPSA) is 22.1 Å². The second-order valence-corrected chi connectivity index (χ2v) is 3.10. The highest BCUT2D eigenvalue weighted by molar-refractivity contribution is 5.22. The number of benzene rings is 1. The molecule has 0 radical (unpaired) electrons. The molecule has 0 saturated heterocycles. The molecule has 0 aliphatic carbocycles. The van der Waals surface area contributed by atoms with Gasteiger partial charge in [0.25, 0.3) is 0 Å². The zero-order valence-electron chi connectivity index (χ0n) is 8.06. The van der Waals surface area contributed by atoms with Gasteiger partial charge in [0.15, 0.2) is 0 Å². The van der Waals surface area contributed by atoms with Gasteiger partial charge in [0, 0.05) is 18.0 Å². The van der Waals surface area contributed by atoms with Crippen LogP contribution in [0.25, 0.3) is 0 Å². The van der Waals surface area contributed by atoms with Crippen LogP contribution in [0, 0.1) is 5.82 Å². The first-order chi connectivity index (χ1) is 7.34. The largest absolute Gasteiger partial charge is 0.489 e. The lowest BCUT2D eigenvalue weighted by molar-refractivity contribution is 0.305. The summed E-state index contributed by atoms with van der Waals surface area (Å²) in [5.74, 6) is 0.393. The molecule has 0 saturated carbocycles. The number of hydrogen-bond donors (Lipinski definition) is 0. The average molecular weight is 203 g/mol. The van der Waals surface area contributed by atoms with Crippen LogP contribution in [0.2, 0.25) is 0 Å². The van der Waals surface area contributed by atoms with E-state index in [1.54, 1.807) is 24.5 Å². The Morgan fingerprint density at radius 2 is 1.93 bits per heavy atom. The molecule has 1 aromatic heterocycles. The number of pyridine rings is 1. The van der Waals surface area contributed by atoms with Crippen molar-refractivity contribution in [2.45, 2.75) is 6.61 Å². The Labute approximate surface area is 87.4 Å². The molecule has 0 aliphatic rings. The maximum Gasteiger partial charge on any atom is 0.123 e. The smallest absolute Gasteiger partial charge is 0.123 e. The van der Waals surface area contributed by atoms with E-state index in [9.17, 15) is 4.39 Å². The number of hydrogen-bond acceptors (Lipinski definition) is 2. The maximum atomic E-state index is 12.6. The van der Waals surface area contributed by atoms with Gasteiger partial charge >= 0.3 is 0 Å². The van der Waals surface area contributed by atoms with Crippen molar-refractivity contribution in [1.82, 2.24) is 4.98 Å². The van der Waals surface area contributed by atoms with Crippen molar-refractivity contribution < 1.29 is 9.13 Å². The molecule has 0 N–H and O–H groups in total. The summed E-state index contributed by atoms with van der Waals surface area (Å²) in [7, 11) is 0. The van der Waals surface area contributed by atoms with Gasteiger partial charge in [0.1, 0.15) is 18.2 Å². The van der Waals surface area contributed by atoms with E-state index in [2.05, 4.69) is 4.98 Å². The van der Waals surface area contributed by atoms with Gasteiger partial charge in [-0.2, -0.15) is 0 Å². The molecule has 2 rings (SSSR count). The second kappa shape index (κ2) is 4.55. The zero-order chi connectivity index (χ0) is 10.5. The van der Waals surface area contributed by atoms with E-state index in [0.717, 1.165) is 5.56 Å². The van der Waals surface area contributed by atoms with Crippen molar-refractivity contribution >= 4 is 0 Å². The molecule has 0 bridgehead atoms. The summed E-state index contributed by atoms with van der Waals surface area (Å²) >= 11 is 0. The third-order valence-electron chi connectivity index (χ3n) is 1.94. The van der Waals surface area contributed by atoms with E-state index in [1.807, 2.05) is 12.1 Å². The van der Waals surface area contributed by atoms with E-state index in [1.165, 1.54) is 12.1 Å². The van der Waals surface area contributed by atoms with Crippen molar-refractivity contribution in [3.63, 3.8) is 0 Å². The van der Waals surface area contributed by atoms with Gasteiger partial charge < -0.3 is 4.74 Å². The Balaban J connectivity index is 1.96. The van der Waals surface area contributed by atoms with Gasteiger partial charge in [0.2, 0.25) is 0 Å². The van der Waals surface area contributed by atoms with E-state index in [0.29, 0.717) is 12.4 Å². The third-order valence-corrected chi connectivity index (χ3v) is 1.94. The monoisotopic (exact) mass is 203 g/mol. The van der Waals surface area contributed by atoms with Crippen LogP contribution in [-0.4, -0.2) is 4.98 Å². The van der Waals surface area contributed by atoms with Crippen LogP contribution < -0.4 is 4.74 Å².